The van der Waals surface area contributed by atoms with Crippen LogP contribution in [-0.2, 0) is 12.8 Å². The normalized spacial score (nSPS) is 12.5. The molecule has 21 heavy (non-hydrogen) atoms. The average molecular weight is 278 g/mol. The van der Waals surface area contributed by atoms with E-state index < -0.39 is 5.91 Å². The van der Waals surface area contributed by atoms with Crippen molar-refractivity contribution in [3.63, 3.8) is 0 Å². The third-order valence-electron chi connectivity index (χ3n) is 3.58. The summed E-state index contributed by atoms with van der Waals surface area (Å²) in [5.74, 6) is 0.0424. The largest absolute Gasteiger partial charge is 0.366 e. The second kappa shape index (κ2) is 5.25. The first-order chi connectivity index (χ1) is 10.2. The van der Waals surface area contributed by atoms with Crippen LogP contribution in [-0.4, -0.2) is 10.9 Å². The molecule has 104 valence electrons. The molecule has 3 N–H and O–H groups in total. The number of nitriles is 1. The first kappa shape index (κ1) is 13.1. The number of anilines is 2. The van der Waals surface area contributed by atoms with Crippen LogP contribution >= 0.6 is 0 Å². The lowest BCUT2D eigenvalue weighted by atomic mass is 10.1. The summed E-state index contributed by atoms with van der Waals surface area (Å²) >= 11 is 0. The summed E-state index contributed by atoms with van der Waals surface area (Å²) < 4.78 is 0. The van der Waals surface area contributed by atoms with Crippen molar-refractivity contribution in [2.45, 2.75) is 19.3 Å². The maximum Gasteiger partial charge on any atom is 0.248 e. The maximum atomic E-state index is 11.2. The van der Waals surface area contributed by atoms with Crippen molar-refractivity contribution >= 4 is 17.4 Å². The molecular weight excluding hydrogens is 264 g/mol. The monoisotopic (exact) mass is 278 g/mol. The van der Waals surface area contributed by atoms with Gasteiger partial charge in [-0.05, 0) is 49.1 Å². The predicted octanol–water partition coefficient (Wildman–Crippen LogP) is 2.28. The molecule has 0 spiro atoms. The molecule has 1 amide bonds. The van der Waals surface area contributed by atoms with Crippen LogP contribution in [0.4, 0.5) is 11.5 Å². The van der Waals surface area contributed by atoms with Gasteiger partial charge in [0, 0.05) is 16.9 Å². The highest BCUT2D eigenvalue weighted by atomic mass is 16.1. The molecule has 1 aromatic carbocycles. The van der Waals surface area contributed by atoms with E-state index in [4.69, 9.17) is 5.73 Å². The summed E-state index contributed by atoms with van der Waals surface area (Å²) in [6, 6.07) is 10.9. The van der Waals surface area contributed by atoms with Gasteiger partial charge in [0.05, 0.1) is 5.56 Å². The molecule has 5 nitrogen and oxygen atoms in total. The zero-order valence-electron chi connectivity index (χ0n) is 11.4. The molecule has 1 aromatic heterocycles. The predicted molar refractivity (Wildman–Crippen MR) is 79.2 cm³/mol. The molecule has 3 rings (SSSR count). The fraction of sp³-hybridized carbons (Fsp3) is 0.188. The SMILES string of the molecule is N#Cc1cc2c(nc1Nc1cccc(C(N)=O)c1)CCC2. The van der Waals surface area contributed by atoms with Crippen LogP contribution in [0.5, 0.6) is 0 Å². The summed E-state index contributed by atoms with van der Waals surface area (Å²) in [4.78, 5) is 15.8. The van der Waals surface area contributed by atoms with Gasteiger partial charge in [0.2, 0.25) is 5.91 Å². The standard InChI is InChI=1S/C16H14N4O/c17-9-12-7-10-3-2-6-14(10)20-16(12)19-13-5-1-4-11(8-13)15(18)21/h1,4-5,7-8H,2-3,6H2,(H2,18,21)(H,19,20). The van der Waals surface area contributed by atoms with Gasteiger partial charge in [-0.15, -0.1) is 0 Å². The van der Waals surface area contributed by atoms with E-state index in [1.165, 1.54) is 0 Å². The number of aryl methyl sites for hydroxylation is 2. The van der Waals surface area contributed by atoms with E-state index >= 15 is 0 Å². The van der Waals surface area contributed by atoms with Crippen molar-refractivity contribution in [1.29, 1.82) is 5.26 Å². The molecule has 0 fully saturated rings. The van der Waals surface area contributed by atoms with Gasteiger partial charge >= 0.3 is 0 Å². The third kappa shape index (κ3) is 2.56. The topological polar surface area (TPSA) is 91.8 Å². The minimum atomic E-state index is -0.485. The van der Waals surface area contributed by atoms with Gasteiger partial charge < -0.3 is 11.1 Å². The van der Waals surface area contributed by atoms with Gasteiger partial charge in [0.15, 0.2) is 0 Å². The molecule has 0 bridgehead atoms. The number of rotatable bonds is 3. The zero-order chi connectivity index (χ0) is 14.8. The number of carbonyl (C=O) groups excluding carboxylic acids is 1. The number of primary amides is 1. The Morgan fingerprint density at radius 2 is 2.19 bits per heavy atom. The number of pyridine rings is 1. The molecule has 0 saturated carbocycles. The summed E-state index contributed by atoms with van der Waals surface area (Å²) in [7, 11) is 0. The molecule has 0 unspecified atom stereocenters. The van der Waals surface area contributed by atoms with E-state index in [2.05, 4.69) is 16.4 Å². The molecule has 1 aliphatic carbocycles. The number of amides is 1. The van der Waals surface area contributed by atoms with Gasteiger partial charge in [0.1, 0.15) is 11.9 Å². The van der Waals surface area contributed by atoms with E-state index in [0.29, 0.717) is 22.6 Å². The van der Waals surface area contributed by atoms with E-state index in [-0.39, 0.29) is 0 Å². The summed E-state index contributed by atoms with van der Waals surface area (Å²) in [5, 5.41) is 12.4. The highest BCUT2D eigenvalue weighted by Gasteiger charge is 2.16. The third-order valence-corrected chi connectivity index (χ3v) is 3.58. The van der Waals surface area contributed by atoms with Gasteiger partial charge in [0.25, 0.3) is 0 Å². The van der Waals surface area contributed by atoms with Crippen molar-refractivity contribution in [3.05, 3.63) is 52.7 Å². The number of nitrogens with zero attached hydrogens (tertiary/aromatic N) is 2. The van der Waals surface area contributed by atoms with Crippen LogP contribution in [0.2, 0.25) is 0 Å². The van der Waals surface area contributed by atoms with Crippen LogP contribution in [0.25, 0.3) is 0 Å². The fourth-order valence-electron chi connectivity index (χ4n) is 2.54. The lowest BCUT2D eigenvalue weighted by Crippen LogP contribution is -2.11. The summed E-state index contributed by atoms with van der Waals surface area (Å²) in [6.07, 6.45) is 3.00. The minimum absolute atomic E-state index is 0.416. The number of hydrogen-bond donors (Lipinski definition) is 2. The van der Waals surface area contributed by atoms with Gasteiger partial charge in [-0.25, -0.2) is 4.98 Å². The molecule has 5 heteroatoms. The molecule has 1 heterocycles. The van der Waals surface area contributed by atoms with Crippen molar-refractivity contribution in [2.75, 3.05) is 5.32 Å². The van der Waals surface area contributed by atoms with Crippen LogP contribution < -0.4 is 11.1 Å². The Morgan fingerprint density at radius 1 is 1.33 bits per heavy atom. The van der Waals surface area contributed by atoms with Crippen LogP contribution in [0.15, 0.2) is 30.3 Å². The van der Waals surface area contributed by atoms with E-state index in [1.54, 1.807) is 18.2 Å². The fourth-order valence-corrected chi connectivity index (χ4v) is 2.54. The molecule has 0 radical (unpaired) electrons. The van der Waals surface area contributed by atoms with Crippen LogP contribution in [0, 0.1) is 11.3 Å². The Labute approximate surface area is 122 Å². The maximum absolute atomic E-state index is 11.2. The molecule has 0 atom stereocenters. The van der Waals surface area contributed by atoms with Crippen molar-refractivity contribution in [1.82, 2.24) is 4.98 Å². The first-order valence-corrected chi connectivity index (χ1v) is 6.77. The number of nitrogens with one attached hydrogen (secondary N) is 1. The van der Waals surface area contributed by atoms with E-state index in [9.17, 15) is 10.1 Å². The Kier molecular flexibility index (Phi) is 3.28. The van der Waals surface area contributed by atoms with Crippen molar-refractivity contribution < 1.29 is 4.79 Å². The van der Waals surface area contributed by atoms with Gasteiger partial charge in [-0.3, -0.25) is 4.79 Å². The van der Waals surface area contributed by atoms with E-state index in [0.717, 1.165) is 30.5 Å². The Bertz CT molecular complexity index is 761. The number of benzene rings is 1. The van der Waals surface area contributed by atoms with Crippen molar-refractivity contribution in [2.24, 2.45) is 5.73 Å². The molecule has 1 aliphatic rings. The highest BCUT2D eigenvalue weighted by molar-refractivity contribution is 5.93. The summed E-state index contributed by atoms with van der Waals surface area (Å²) in [6.45, 7) is 0. The lowest BCUT2D eigenvalue weighted by molar-refractivity contribution is 0.100. The first-order valence-electron chi connectivity index (χ1n) is 6.77. The average Bonchev–Trinajstić information content (AvgIpc) is 2.93. The van der Waals surface area contributed by atoms with Gasteiger partial charge in [-0.1, -0.05) is 6.07 Å². The molecular formula is C16H14N4O. The molecule has 2 aromatic rings. The number of aromatic nitrogens is 1. The highest BCUT2D eigenvalue weighted by Crippen LogP contribution is 2.27. The Morgan fingerprint density at radius 3 is 2.95 bits per heavy atom. The second-order valence-corrected chi connectivity index (χ2v) is 5.03. The number of fused-ring (bicyclic) bond motifs is 1. The van der Waals surface area contributed by atoms with Crippen molar-refractivity contribution in [3.8, 4) is 6.07 Å². The zero-order valence-corrected chi connectivity index (χ0v) is 11.4. The number of carbonyl (C=O) groups is 1. The van der Waals surface area contributed by atoms with Gasteiger partial charge in [-0.2, -0.15) is 5.26 Å². The molecule has 0 aliphatic heterocycles. The van der Waals surface area contributed by atoms with Crippen LogP contribution in [0.1, 0.15) is 33.6 Å². The summed E-state index contributed by atoms with van der Waals surface area (Å²) in [5.41, 5.74) is 9.09. The van der Waals surface area contributed by atoms with Crippen LogP contribution in [0.3, 0.4) is 0 Å². The number of nitrogens with two attached hydrogens (primary N) is 1. The lowest BCUT2D eigenvalue weighted by Gasteiger charge is -2.10. The Hall–Kier alpha value is -2.87. The second-order valence-electron chi connectivity index (χ2n) is 5.03. The van der Waals surface area contributed by atoms with E-state index in [1.807, 2.05) is 12.1 Å². The number of hydrogen-bond acceptors (Lipinski definition) is 4. The smallest absolute Gasteiger partial charge is 0.248 e. The molecule has 0 saturated heterocycles. The minimum Gasteiger partial charge on any atom is -0.366 e. The Balaban J connectivity index is 1.96. The quantitative estimate of drug-likeness (QED) is 0.901.